The Hall–Kier alpha value is -10.6. The molecule has 1 aliphatic carbocycles. The third-order valence-corrected chi connectivity index (χ3v) is 16.6. The number of allylic oxidation sites excluding steroid dienone is 4. The van der Waals surface area contributed by atoms with E-state index in [2.05, 4.69) is 270 Å². The summed E-state index contributed by atoms with van der Waals surface area (Å²) in [5, 5.41) is 7.00. The summed E-state index contributed by atoms with van der Waals surface area (Å²) >= 11 is 0. The smallest absolute Gasteiger partial charge is 0.143 e. The fourth-order valence-corrected chi connectivity index (χ4v) is 12.8. The summed E-state index contributed by atoms with van der Waals surface area (Å²) in [4.78, 5) is 9.53. The number of furan rings is 1. The lowest BCUT2D eigenvalue weighted by Gasteiger charge is -2.19. The molecule has 0 aliphatic heterocycles. The quantitative estimate of drug-likeness (QED) is 0.145. The van der Waals surface area contributed by atoms with Crippen molar-refractivity contribution in [1.29, 1.82) is 0 Å². The second-order valence-electron chi connectivity index (χ2n) is 21.2. The van der Waals surface area contributed by atoms with E-state index in [1.807, 2.05) is 24.5 Å². The molecular formula is C76H50N4O. The van der Waals surface area contributed by atoms with Gasteiger partial charge in [0.2, 0.25) is 0 Å². The minimum absolute atomic E-state index is 0.132. The van der Waals surface area contributed by atoms with Crippen LogP contribution in [0.2, 0.25) is 0 Å². The number of rotatable bonds is 9. The lowest BCUT2D eigenvalue weighted by Crippen LogP contribution is -2.00. The number of aromatic nitrogens is 4. The Morgan fingerprint density at radius 1 is 0.358 bits per heavy atom. The van der Waals surface area contributed by atoms with E-state index in [1.54, 1.807) is 0 Å². The highest BCUT2D eigenvalue weighted by Crippen LogP contribution is 2.45. The van der Waals surface area contributed by atoms with Crippen molar-refractivity contribution in [2.24, 2.45) is 0 Å². The third kappa shape index (κ3) is 7.84. The van der Waals surface area contributed by atoms with Crippen molar-refractivity contribution >= 4 is 71.1 Å². The van der Waals surface area contributed by atoms with Gasteiger partial charge in [0.25, 0.3) is 0 Å². The SMILES string of the molecule is C1=CC(c2cc(-c3ccc4c(c3)c3ccccc3n4-c3ccccc3)c3oc4ccc(-c5ccccc5-c5ccccn5)cc4c3c2)=CC(c2ccc3c(c2)c2cc(-c4ccccc4-c4ccccn4)ccc2n3-c2ccccc2)C1. The van der Waals surface area contributed by atoms with Crippen molar-refractivity contribution in [1.82, 2.24) is 19.1 Å². The highest BCUT2D eigenvalue weighted by Gasteiger charge is 2.23. The van der Waals surface area contributed by atoms with Gasteiger partial charge < -0.3 is 13.6 Å². The van der Waals surface area contributed by atoms with Crippen molar-refractivity contribution in [3.63, 3.8) is 0 Å². The van der Waals surface area contributed by atoms with E-state index in [9.17, 15) is 0 Å². The average molecular weight is 1040 g/mol. The van der Waals surface area contributed by atoms with E-state index in [1.165, 1.54) is 49.2 Å². The fourth-order valence-electron chi connectivity index (χ4n) is 12.8. The Labute approximate surface area is 468 Å². The van der Waals surface area contributed by atoms with E-state index < -0.39 is 0 Å². The van der Waals surface area contributed by atoms with Crippen LogP contribution in [0, 0.1) is 0 Å². The largest absolute Gasteiger partial charge is 0.455 e. The monoisotopic (exact) mass is 1030 g/mol. The van der Waals surface area contributed by atoms with Gasteiger partial charge >= 0.3 is 0 Å². The maximum absolute atomic E-state index is 7.07. The number of fused-ring (bicyclic) bond motifs is 9. The van der Waals surface area contributed by atoms with Gasteiger partial charge in [-0.3, -0.25) is 9.97 Å². The number of nitrogens with zero attached hydrogens (tertiary/aromatic N) is 4. The summed E-state index contributed by atoms with van der Waals surface area (Å²) in [6.45, 7) is 0. The van der Waals surface area contributed by atoms with Crippen LogP contribution in [-0.2, 0) is 0 Å². The summed E-state index contributed by atoms with van der Waals surface area (Å²) in [5.41, 5.74) is 23.1. The van der Waals surface area contributed by atoms with Gasteiger partial charge in [-0.1, -0.05) is 158 Å². The molecule has 1 atom stereocenters. The van der Waals surface area contributed by atoms with Crippen LogP contribution in [0.3, 0.4) is 0 Å². The molecule has 0 spiro atoms. The van der Waals surface area contributed by atoms with E-state index in [4.69, 9.17) is 14.4 Å². The molecular weight excluding hydrogens is 985 g/mol. The van der Waals surface area contributed by atoms with Gasteiger partial charge in [0, 0.05) is 78.7 Å². The van der Waals surface area contributed by atoms with Crippen molar-refractivity contribution < 1.29 is 4.42 Å². The highest BCUT2D eigenvalue weighted by atomic mass is 16.3. The first-order valence-electron chi connectivity index (χ1n) is 27.8. The van der Waals surface area contributed by atoms with Crippen molar-refractivity contribution in [3.8, 4) is 67.3 Å². The maximum Gasteiger partial charge on any atom is 0.143 e. The highest BCUT2D eigenvalue weighted by molar-refractivity contribution is 6.15. The molecule has 0 saturated carbocycles. The maximum atomic E-state index is 7.07. The molecule has 5 nitrogen and oxygen atoms in total. The molecule has 10 aromatic carbocycles. The van der Waals surface area contributed by atoms with E-state index in [0.29, 0.717) is 0 Å². The minimum Gasteiger partial charge on any atom is -0.455 e. The van der Waals surface area contributed by atoms with E-state index in [-0.39, 0.29) is 5.92 Å². The van der Waals surface area contributed by atoms with Crippen LogP contribution >= 0.6 is 0 Å². The molecule has 16 rings (SSSR count). The standard InChI is InChI=1S/C76H50N4O/c1-3-20-56(21-4-1)79-71-31-12-11-28-62(71)64-45-54(34-38-72(64)79)63-47-55(48-68-67-46-53(35-39-75(67)81-76(63)68)59-25-8-10-27-61(59)70-30-14-16-41-78-70)50-19-17-18-49(42-50)51-32-36-73-65(43-51)66-44-52(33-37-74(66)80(73)57-22-5-2-6-23-57)58-24-7-9-26-60(58)69-29-13-15-40-77-69/h1-17,19-49H,18H2. The van der Waals surface area contributed by atoms with Gasteiger partial charge in [-0.2, -0.15) is 0 Å². The molecule has 1 unspecified atom stereocenters. The van der Waals surface area contributed by atoms with Gasteiger partial charge in [-0.25, -0.2) is 0 Å². The van der Waals surface area contributed by atoms with Crippen LogP contribution < -0.4 is 0 Å². The van der Waals surface area contributed by atoms with Gasteiger partial charge in [-0.15, -0.1) is 0 Å². The predicted octanol–water partition coefficient (Wildman–Crippen LogP) is 20.0. The van der Waals surface area contributed by atoms with Crippen LogP contribution in [0.5, 0.6) is 0 Å². The van der Waals surface area contributed by atoms with Crippen molar-refractivity contribution in [2.75, 3.05) is 0 Å². The molecule has 0 radical (unpaired) electrons. The molecule has 5 heteroatoms. The van der Waals surface area contributed by atoms with Gasteiger partial charge in [0.1, 0.15) is 11.2 Å². The first-order valence-corrected chi connectivity index (χ1v) is 27.8. The van der Waals surface area contributed by atoms with Crippen LogP contribution in [0.1, 0.15) is 23.5 Å². The molecule has 0 N–H and O–H groups in total. The van der Waals surface area contributed by atoms with E-state index in [0.717, 1.165) is 107 Å². The molecule has 1 aliphatic rings. The summed E-state index contributed by atoms with van der Waals surface area (Å²) in [7, 11) is 0. The lowest BCUT2D eigenvalue weighted by molar-refractivity contribution is 0.670. The Kier molecular flexibility index (Phi) is 10.9. The Bertz CT molecular complexity index is 5010. The van der Waals surface area contributed by atoms with Crippen LogP contribution in [0.15, 0.2) is 290 Å². The summed E-state index contributed by atoms with van der Waals surface area (Å²) in [6, 6.07) is 91.9. The second kappa shape index (κ2) is 19.1. The summed E-state index contributed by atoms with van der Waals surface area (Å²) in [6.07, 6.45) is 11.8. The Morgan fingerprint density at radius 2 is 0.852 bits per heavy atom. The third-order valence-electron chi connectivity index (χ3n) is 16.6. The first kappa shape index (κ1) is 46.5. The average Bonchev–Trinajstić information content (AvgIpc) is 4.42. The van der Waals surface area contributed by atoms with Crippen LogP contribution in [0.25, 0.3) is 138 Å². The van der Waals surface area contributed by atoms with Crippen molar-refractivity contribution in [2.45, 2.75) is 12.3 Å². The van der Waals surface area contributed by atoms with Crippen molar-refractivity contribution in [3.05, 3.63) is 297 Å². The fraction of sp³-hybridized carbons (Fsp3) is 0.0263. The molecule has 0 amide bonds. The normalized spacial score (nSPS) is 13.5. The summed E-state index contributed by atoms with van der Waals surface area (Å²) in [5.74, 6) is 0.132. The molecule has 0 bridgehead atoms. The Balaban J connectivity index is 0.869. The molecule has 380 valence electrons. The second-order valence-corrected chi connectivity index (χ2v) is 21.2. The first-order chi connectivity index (χ1) is 40.2. The zero-order chi connectivity index (χ0) is 53.4. The summed E-state index contributed by atoms with van der Waals surface area (Å²) < 4.78 is 11.9. The number of benzene rings is 10. The number of para-hydroxylation sites is 3. The zero-order valence-electron chi connectivity index (χ0n) is 44.1. The van der Waals surface area contributed by atoms with Crippen LogP contribution in [-0.4, -0.2) is 19.1 Å². The molecule has 0 saturated heterocycles. The molecule has 5 aromatic heterocycles. The Morgan fingerprint density at radius 3 is 1.48 bits per heavy atom. The van der Waals surface area contributed by atoms with Gasteiger partial charge in [0.15, 0.2) is 0 Å². The molecule has 15 aromatic rings. The van der Waals surface area contributed by atoms with Gasteiger partial charge in [-0.05, 0) is 166 Å². The minimum atomic E-state index is 0.132. The molecule has 5 heterocycles. The zero-order valence-corrected chi connectivity index (χ0v) is 44.1. The number of hydrogen-bond donors (Lipinski definition) is 0. The molecule has 0 fully saturated rings. The number of hydrogen-bond acceptors (Lipinski definition) is 3. The lowest BCUT2D eigenvalue weighted by atomic mass is 9.85. The topological polar surface area (TPSA) is 48.8 Å². The number of pyridine rings is 2. The van der Waals surface area contributed by atoms with Gasteiger partial charge in [0.05, 0.1) is 33.5 Å². The molecule has 81 heavy (non-hydrogen) atoms. The van der Waals surface area contributed by atoms with Crippen LogP contribution in [0.4, 0.5) is 0 Å². The predicted molar refractivity (Wildman–Crippen MR) is 336 cm³/mol. The van der Waals surface area contributed by atoms with E-state index >= 15 is 0 Å².